The van der Waals surface area contributed by atoms with E-state index < -0.39 is 0 Å². The minimum atomic E-state index is -0.189. The number of ether oxygens (including phenoxy) is 2. The Morgan fingerprint density at radius 2 is 2.38 bits per heavy atom. The lowest BCUT2D eigenvalue weighted by Crippen LogP contribution is -2.31. The summed E-state index contributed by atoms with van der Waals surface area (Å²) < 4.78 is 15.5. The maximum atomic E-state index is 12.6. The third-order valence-corrected chi connectivity index (χ3v) is 3.88. The number of aromatic amines is 1. The molecule has 0 aromatic carbocycles. The number of likely N-dealkylation sites (tertiary alicyclic amines) is 1. The van der Waals surface area contributed by atoms with Gasteiger partial charge in [-0.25, -0.2) is 0 Å². The van der Waals surface area contributed by atoms with Crippen LogP contribution in [-0.2, 0) is 16.1 Å². The summed E-state index contributed by atoms with van der Waals surface area (Å²) in [5.41, 5.74) is 1.26. The van der Waals surface area contributed by atoms with Crippen LogP contribution in [0.3, 0.4) is 0 Å². The van der Waals surface area contributed by atoms with E-state index in [1.807, 2.05) is 6.92 Å². The molecule has 0 aliphatic carbocycles. The van der Waals surface area contributed by atoms with Gasteiger partial charge in [0, 0.05) is 19.3 Å². The van der Waals surface area contributed by atoms with Crippen molar-refractivity contribution < 1.29 is 18.8 Å². The number of carbonyl (C=O) groups is 1. The van der Waals surface area contributed by atoms with E-state index in [1.165, 1.54) is 0 Å². The summed E-state index contributed by atoms with van der Waals surface area (Å²) in [6, 6.07) is 1.55. The van der Waals surface area contributed by atoms with Crippen LogP contribution in [0.1, 0.15) is 46.8 Å². The molecule has 0 saturated carbocycles. The van der Waals surface area contributed by atoms with Crippen LogP contribution in [0, 0.1) is 6.92 Å². The molecule has 1 unspecified atom stereocenters. The van der Waals surface area contributed by atoms with Crippen LogP contribution in [0.2, 0.25) is 0 Å². The van der Waals surface area contributed by atoms with Gasteiger partial charge in [0.1, 0.15) is 12.3 Å². The molecule has 130 valence electrons. The molecule has 0 bridgehead atoms. The van der Waals surface area contributed by atoms with Crippen molar-refractivity contribution in [1.82, 2.24) is 25.2 Å². The molecule has 2 aromatic rings. The van der Waals surface area contributed by atoms with Crippen LogP contribution in [0.5, 0.6) is 0 Å². The molecule has 1 amide bonds. The van der Waals surface area contributed by atoms with Gasteiger partial charge >= 0.3 is 0 Å². The first-order valence-electron chi connectivity index (χ1n) is 7.91. The van der Waals surface area contributed by atoms with E-state index >= 15 is 0 Å². The normalized spacial score (nSPS) is 17.6. The Bertz CT molecular complexity index is 683. The summed E-state index contributed by atoms with van der Waals surface area (Å²) >= 11 is 0. The number of carbonyl (C=O) groups excluding carboxylic acids is 1. The molecule has 1 atom stereocenters. The summed E-state index contributed by atoms with van der Waals surface area (Å²) in [5.74, 6) is 0.791. The van der Waals surface area contributed by atoms with Crippen LogP contribution >= 0.6 is 0 Å². The van der Waals surface area contributed by atoms with Crippen molar-refractivity contribution in [3.63, 3.8) is 0 Å². The number of aryl methyl sites for hydroxylation is 1. The van der Waals surface area contributed by atoms with Gasteiger partial charge in [-0.05, 0) is 25.8 Å². The Kier molecular flexibility index (Phi) is 5.21. The van der Waals surface area contributed by atoms with Gasteiger partial charge < -0.3 is 18.9 Å². The van der Waals surface area contributed by atoms with Crippen LogP contribution in [0.15, 0.2) is 10.6 Å². The van der Waals surface area contributed by atoms with Crippen LogP contribution < -0.4 is 0 Å². The van der Waals surface area contributed by atoms with Crippen molar-refractivity contribution in [2.45, 2.75) is 32.4 Å². The van der Waals surface area contributed by atoms with Crippen molar-refractivity contribution in [3.05, 3.63) is 29.2 Å². The zero-order valence-electron chi connectivity index (χ0n) is 13.8. The molecule has 2 aromatic heterocycles. The van der Waals surface area contributed by atoms with Crippen LogP contribution in [0.25, 0.3) is 0 Å². The maximum absolute atomic E-state index is 12.6. The van der Waals surface area contributed by atoms with Gasteiger partial charge in [-0.1, -0.05) is 5.16 Å². The average Bonchev–Trinajstić information content (AvgIpc) is 3.30. The van der Waals surface area contributed by atoms with E-state index in [4.69, 9.17) is 14.0 Å². The molecule has 0 radical (unpaired) electrons. The Hall–Kier alpha value is -2.26. The minimum Gasteiger partial charge on any atom is -0.382 e. The van der Waals surface area contributed by atoms with E-state index in [1.54, 1.807) is 18.1 Å². The van der Waals surface area contributed by atoms with Gasteiger partial charge in [0.2, 0.25) is 0 Å². The fourth-order valence-corrected chi connectivity index (χ4v) is 2.72. The van der Waals surface area contributed by atoms with Gasteiger partial charge in [-0.3, -0.25) is 9.89 Å². The number of hydrogen-bond acceptors (Lipinski definition) is 7. The van der Waals surface area contributed by atoms with Crippen molar-refractivity contribution in [1.29, 1.82) is 0 Å². The summed E-state index contributed by atoms with van der Waals surface area (Å²) in [6.45, 7) is 3.72. The second-order valence-electron chi connectivity index (χ2n) is 5.68. The van der Waals surface area contributed by atoms with Gasteiger partial charge in [0.05, 0.1) is 19.3 Å². The highest BCUT2D eigenvalue weighted by Crippen LogP contribution is 2.31. The molecule has 1 aliphatic heterocycles. The fraction of sp³-hybridized carbons (Fsp3) is 0.600. The van der Waals surface area contributed by atoms with E-state index in [-0.39, 0.29) is 18.6 Å². The number of aromatic nitrogens is 4. The second-order valence-corrected chi connectivity index (χ2v) is 5.68. The number of rotatable bonds is 7. The molecule has 1 aliphatic rings. The van der Waals surface area contributed by atoms with E-state index in [2.05, 4.69) is 20.3 Å². The van der Waals surface area contributed by atoms with Crippen LogP contribution in [-0.4, -0.2) is 58.0 Å². The lowest BCUT2D eigenvalue weighted by Gasteiger charge is -2.20. The van der Waals surface area contributed by atoms with Crippen molar-refractivity contribution >= 4 is 5.91 Å². The first kappa shape index (κ1) is 16.6. The largest absolute Gasteiger partial charge is 0.382 e. The number of H-pyrrole nitrogens is 1. The monoisotopic (exact) mass is 335 g/mol. The highest BCUT2D eigenvalue weighted by molar-refractivity contribution is 5.92. The number of amides is 1. The molecular formula is C15H21N5O4. The predicted molar refractivity (Wildman–Crippen MR) is 82.2 cm³/mol. The van der Waals surface area contributed by atoms with E-state index in [0.717, 1.165) is 18.5 Å². The summed E-state index contributed by atoms with van der Waals surface area (Å²) in [4.78, 5) is 18.7. The molecule has 3 heterocycles. The average molecular weight is 335 g/mol. The molecule has 9 nitrogen and oxygen atoms in total. The van der Waals surface area contributed by atoms with Crippen molar-refractivity contribution in [3.8, 4) is 0 Å². The lowest BCUT2D eigenvalue weighted by molar-refractivity contribution is 0.0494. The molecule has 9 heteroatoms. The molecule has 1 N–H and O–H groups in total. The molecule has 1 fully saturated rings. The second kappa shape index (κ2) is 7.54. The summed E-state index contributed by atoms with van der Waals surface area (Å²) in [6.07, 6.45) is 1.70. The van der Waals surface area contributed by atoms with Gasteiger partial charge in [-0.15, -0.1) is 0 Å². The molecule has 0 spiro atoms. The Balaban J connectivity index is 1.65. The molecule has 1 saturated heterocycles. The maximum Gasteiger partial charge on any atom is 0.274 e. The Morgan fingerprint density at radius 3 is 3.12 bits per heavy atom. The number of methoxy groups -OCH3 is 1. The zero-order valence-corrected chi connectivity index (χ0v) is 13.8. The Morgan fingerprint density at radius 1 is 1.50 bits per heavy atom. The predicted octanol–water partition coefficient (Wildman–Crippen LogP) is 1.24. The van der Waals surface area contributed by atoms with Gasteiger partial charge in [0.15, 0.2) is 5.82 Å². The highest BCUT2D eigenvalue weighted by atomic mass is 16.5. The third-order valence-electron chi connectivity index (χ3n) is 3.88. The fourth-order valence-electron chi connectivity index (χ4n) is 2.72. The smallest absolute Gasteiger partial charge is 0.274 e. The quantitative estimate of drug-likeness (QED) is 0.759. The SMILES string of the molecule is COCCOCc1nc(C2CCCN2C(=O)c2cc(C)[nH]n2)no1. The van der Waals surface area contributed by atoms with Crippen LogP contribution in [0.4, 0.5) is 0 Å². The third kappa shape index (κ3) is 3.62. The van der Waals surface area contributed by atoms with Crippen molar-refractivity contribution in [2.24, 2.45) is 0 Å². The van der Waals surface area contributed by atoms with Crippen molar-refractivity contribution in [2.75, 3.05) is 26.9 Å². The Labute approximate surface area is 139 Å². The zero-order chi connectivity index (χ0) is 16.9. The lowest BCUT2D eigenvalue weighted by atomic mass is 10.2. The van der Waals surface area contributed by atoms with Gasteiger partial charge in [0.25, 0.3) is 11.8 Å². The first-order chi connectivity index (χ1) is 11.7. The summed E-state index contributed by atoms with van der Waals surface area (Å²) in [5, 5.41) is 10.8. The first-order valence-corrected chi connectivity index (χ1v) is 7.91. The number of nitrogens with one attached hydrogen (secondary N) is 1. The number of nitrogens with zero attached hydrogens (tertiary/aromatic N) is 4. The van der Waals surface area contributed by atoms with E-state index in [0.29, 0.717) is 37.2 Å². The molecular weight excluding hydrogens is 314 g/mol. The topological polar surface area (TPSA) is 106 Å². The molecule has 3 rings (SSSR count). The molecule has 24 heavy (non-hydrogen) atoms. The van der Waals surface area contributed by atoms with Gasteiger partial charge in [-0.2, -0.15) is 10.1 Å². The summed E-state index contributed by atoms with van der Waals surface area (Å²) in [7, 11) is 1.61. The highest BCUT2D eigenvalue weighted by Gasteiger charge is 2.34. The number of hydrogen-bond donors (Lipinski definition) is 1. The standard InChI is InChI=1S/C15H21N5O4/c1-10-8-11(18-17-10)15(21)20-5-3-4-12(20)14-16-13(24-19-14)9-23-7-6-22-2/h8,12H,3-7,9H2,1-2H3,(H,17,18). The minimum absolute atomic E-state index is 0.121. The van der Waals surface area contributed by atoms with E-state index in [9.17, 15) is 4.79 Å².